The Morgan fingerprint density at radius 2 is 1.85 bits per heavy atom. The third-order valence-electron chi connectivity index (χ3n) is 5.32. The number of aromatic amines is 2. The number of Topliss-reactive ketones (excluding diaryl/α,β-unsaturated/α-hetero) is 1. The molecule has 0 spiro atoms. The number of carbonyl (C=O) groups excluding carboxylic acids is 1. The number of carbonyl (C=O) groups is 1. The van der Waals surface area contributed by atoms with E-state index in [2.05, 4.69) is 21.6 Å². The van der Waals surface area contributed by atoms with E-state index in [1.54, 1.807) is 23.5 Å². The number of rotatable bonds is 2. The Morgan fingerprint density at radius 1 is 1.04 bits per heavy atom. The van der Waals surface area contributed by atoms with Gasteiger partial charge >= 0.3 is 0 Å². The van der Waals surface area contributed by atoms with Gasteiger partial charge in [-0.05, 0) is 35.6 Å². The normalized spacial score (nSPS) is 21.6. The van der Waals surface area contributed by atoms with E-state index in [1.807, 2.05) is 11.4 Å². The van der Waals surface area contributed by atoms with Crippen LogP contribution in [0.2, 0.25) is 0 Å². The second-order valence-electron chi connectivity index (χ2n) is 6.91. The van der Waals surface area contributed by atoms with Gasteiger partial charge in [0.25, 0.3) is 5.56 Å². The molecule has 2 atom stereocenters. The van der Waals surface area contributed by atoms with Gasteiger partial charge in [-0.2, -0.15) is 0 Å². The minimum Gasteiger partial charge on any atom is -0.343 e. The molecular formula is C20H16FN3O2S. The van der Waals surface area contributed by atoms with Crippen molar-refractivity contribution < 1.29 is 9.18 Å². The van der Waals surface area contributed by atoms with E-state index >= 15 is 0 Å². The van der Waals surface area contributed by atoms with Crippen molar-refractivity contribution in [3.63, 3.8) is 0 Å². The molecule has 5 rings (SSSR count). The molecular weight excluding hydrogens is 365 g/mol. The van der Waals surface area contributed by atoms with E-state index in [0.29, 0.717) is 29.8 Å². The van der Waals surface area contributed by atoms with Crippen LogP contribution >= 0.6 is 11.3 Å². The molecule has 5 nitrogen and oxygen atoms in total. The number of H-pyrrole nitrogens is 2. The molecule has 3 aromatic rings. The fourth-order valence-electron chi connectivity index (χ4n) is 4.13. The van der Waals surface area contributed by atoms with E-state index in [-0.39, 0.29) is 23.1 Å². The van der Waals surface area contributed by atoms with E-state index in [9.17, 15) is 14.0 Å². The summed E-state index contributed by atoms with van der Waals surface area (Å²) in [5.41, 5.74) is 2.39. The molecule has 3 N–H and O–H groups in total. The number of thiophene rings is 1. The standard InChI is InChI=1S/C20H16FN3O2S/c21-12-5-3-10(4-6-12)16-17-13(22-19-18(16)20(26)24-23-19)8-11(9-14(17)25)15-2-1-7-27-15/h1-7,11,16H,8-9H2,(H3,22,23,24,26)/t11-,16-/m0/s1. The molecule has 0 saturated carbocycles. The number of anilines is 1. The summed E-state index contributed by atoms with van der Waals surface area (Å²) in [6, 6.07) is 10.1. The number of hydrogen-bond donors (Lipinski definition) is 3. The first-order chi connectivity index (χ1) is 13.1. The lowest BCUT2D eigenvalue weighted by molar-refractivity contribution is -0.116. The van der Waals surface area contributed by atoms with Gasteiger partial charge in [0.2, 0.25) is 0 Å². The third-order valence-corrected chi connectivity index (χ3v) is 6.36. The minimum absolute atomic E-state index is 0.0303. The summed E-state index contributed by atoms with van der Waals surface area (Å²) in [5.74, 6) is -0.110. The highest BCUT2D eigenvalue weighted by Gasteiger charge is 2.40. The predicted octanol–water partition coefficient (Wildman–Crippen LogP) is 3.86. The van der Waals surface area contributed by atoms with Crippen molar-refractivity contribution in [3.8, 4) is 0 Å². The highest BCUT2D eigenvalue weighted by molar-refractivity contribution is 7.10. The van der Waals surface area contributed by atoms with Gasteiger partial charge in [-0.3, -0.25) is 19.8 Å². The Hall–Kier alpha value is -2.93. The van der Waals surface area contributed by atoms with Gasteiger partial charge in [0, 0.05) is 34.4 Å². The summed E-state index contributed by atoms with van der Waals surface area (Å²) in [7, 11) is 0. The Balaban J connectivity index is 1.65. The minimum atomic E-state index is -0.497. The van der Waals surface area contributed by atoms with Crippen LogP contribution in [-0.2, 0) is 4.79 Å². The number of benzene rings is 1. The number of hydrogen-bond acceptors (Lipinski definition) is 4. The van der Waals surface area contributed by atoms with Crippen LogP contribution in [-0.4, -0.2) is 16.0 Å². The van der Waals surface area contributed by atoms with Crippen LogP contribution in [0.5, 0.6) is 0 Å². The van der Waals surface area contributed by atoms with Crippen molar-refractivity contribution in [3.05, 3.63) is 85.2 Å². The summed E-state index contributed by atoms with van der Waals surface area (Å²) in [5, 5.41) is 10.7. The SMILES string of the molecule is O=C1C[C@@H](c2cccs2)CC2=C1[C@H](c1ccc(F)cc1)c1c([nH][nH]c1=O)N2. The lowest BCUT2D eigenvalue weighted by atomic mass is 9.74. The Bertz CT molecular complexity index is 1110. The van der Waals surface area contributed by atoms with Crippen LogP contribution < -0.4 is 10.9 Å². The molecule has 0 amide bonds. The highest BCUT2D eigenvalue weighted by atomic mass is 32.1. The summed E-state index contributed by atoms with van der Waals surface area (Å²) >= 11 is 1.65. The Kier molecular flexibility index (Phi) is 3.65. The highest BCUT2D eigenvalue weighted by Crippen LogP contribution is 2.46. The average molecular weight is 381 g/mol. The van der Waals surface area contributed by atoms with E-state index in [0.717, 1.165) is 11.3 Å². The topological polar surface area (TPSA) is 77.8 Å². The van der Waals surface area contributed by atoms with Gasteiger partial charge in [-0.25, -0.2) is 4.39 Å². The zero-order chi connectivity index (χ0) is 18.5. The molecule has 1 aliphatic heterocycles. The molecule has 1 aliphatic carbocycles. The van der Waals surface area contributed by atoms with Crippen molar-refractivity contribution in [2.45, 2.75) is 24.7 Å². The molecule has 0 radical (unpaired) electrons. The predicted molar refractivity (Wildman–Crippen MR) is 102 cm³/mol. The number of nitrogens with one attached hydrogen (secondary N) is 3. The van der Waals surface area contributed by atoms with Gasteiger partial charge in [0.05, 0.1) is 5.56 Å². The number of halogens is 1. The van der Waals surface area contributed by atoms with E-state index < -0.39 is 5.92 Å². The van der Waals surface area contributed by atoms with Crippen molar-refractivity contribution in [2.75, 3.05) is 5.32 Å². The van der Waals surface area contributed by atoms with Crippen molar-refractivity contribution in [2.24, 2.45) is 0 Å². The molecule has 1 aromatic carbocycles. The number of ketones is 1. The average Bonchev–Trinajstić information content (AvgIpc) is 3.31. The first-order valence-corrected chi connectivity index (χ1v) is 9.62. The molecule has 7 heteroatoms. The van der Waals surface area contributed by atoms with E-state index in [4.69, 9.17) is 0 Å². The molecule has 2 aromatic heterocycles. The summed E-state index contributed by atoms with van der Waals surface area (Å²) in [4.78, 5) is 26.7. The lowest BCUT2D eigenvalue weighted by Gasteiger charge is -2.34. The summed E-state index contributed by atoms with van der Waals surface area (Å²) in [6.45, 7) is 0. The third kappa shape index (κ3) is 2.57. The van der Waals surface area contributed by atoms with Crippen LogP contribution in [0.1, 0.15) is 40.7 Å². The van der Waals surface area contributed by atoms with Gasteiger partial charge in [0.1, 0.15) is 11.6 Å². The fourth-order valence-corrected chi connectivity index (χ4v) is 4.96. The molecule has 3 heterocycles. The maximum atomic E-state index is 13.4. The van der Waals surface area contributed by atoms with Gasteiger partial charge in [-0.15, -0.1) is 11.3 Å². The zero-order valence-corrected chi connectivity index (χ0v) is 15.0. The van der Waals surface area contributed by atoms with E-state index in [1.165, 1.54) is 17.0 Å². The Morgan fingerprint density at radius 3 is 2.59 bits per heavy atom. The van der Waals surface area contributed by atoms with Crippen LogP contribution in [0.3, 0.4) is 0 Å². The number of allylic oxidation sites excluding steroid dienone is 2. The van der Waals surface area contributed by atoms with Crippen molar-refractivity contribution in [1.29, 1.82) is 0 Å². The second-order valence-corrected chi connectivity index (χ2v) is 7.89. The smallest absolute Gasteiger partial charge is 0.270 e. The monoisotopic (exact) mass is 381 g/mol. The molecule has 0 unspecified atom stereocenters. The zero-order valence-electron chi connectivity index (χ0n) is 14.2. The maximum absolute atomic E-state index is 13.4. The quantitative estimate of drug-likeness (QED) is 0.631. The van der Waals surface area contributed by atoms with Crippen LogP contribution in [0.4, 0.5) is 10.2 Å². The lowest BCUT2D eigenvalue weighted by Crippen LogP contribution is -2.31. The summed E-state index contributed by atoms with van der Waals surface area (Å²) < 4.78 is 13.4. The molecule has 27 heavy (non-hydrogen) atoms. The molecule has 0 bridgehead atoms. The van der Waals surface area contributed by atoms with Crippen molar-refractivity contribution >= 4 is 22.9 Å². The van der Waals surface area contributed by atoms with Crippen molar-refractivity contribution in [1.82, 2.24) is 10.2 Å². The Labute approximate surface area is 157 Å². The second kappa shape index (κ2) is 6.06. The molecule has 2 aliphatic rings. The number of fused-ring (bicyclic) bond motifs is 1. The van der Waals surface area contributed by atoms with Crippen LogP contribution in [0, 0.1) is 5.82 Å². The van der Waals surface area contributed by atoms with Crippen LogP contribution in [0.15, 0.2) is 57.8 Å². The van der Waals surface area contributed by atoms with Gasteiger partial charge in [-0.1, -0.05) is 18.2 Å². The largest absolute Gasteiger partial charge is 0.343 e. The molecule has 0 saturated heterocycles. The maximum Gasteiger partial charge on any atom is 0.270 e. The van der Waals surface area contributed by atoms with Crippen LogP contribution in [0.25, 0.3) is 0 Å². The fraction of sp³-hybridized carbons (Fsp3) is 0.200. The number of aromatic nitrogens is 2. The first-order valence-electron chi connectivity index (χ1n) is 8.74. The molecule has 0 fully saturated rings. The summed E-state index contributed by atoms with van der Waals surface area (Å²) in [6.07, 6.45) is 1.11. The first kappa shape index (κ1) is 16.3. The van der Waals surface area contributed by atoms with Gasteiger partial charge < -0.3 is 5.32 Å². The molecule has 136 valence electrons. The van der Waals surface area contributed by atoms with Gasteiger partial charge in [0.15, 0.2) is 5.78 Å².